The molecule has 0 aliphatic heterocycles. The number of hydrogen-bond donors (Lipinski definition) is 1. The van der Waals surface area contributed by atoms with E-state index in [0.717, 1.165) is 16.9 Å². The summed E-state index contributed by atoms with van der Waals surface area (Å²) in [7, 11) is 0. The second kappa shape index (κ2) is 5.67. The Morgan fingerprint density at radius 3 is 2.38 bits per heavy atom. The van der Waals surface area contributed by atoms with Crippen molar-refractivity contribution in [2.45, 2.75) is 6.92 Å². The predicted molar refractivity (Wildman–Crippen MR) is 84.9 cm³/mol. The molecule has 0 saturated carbocycles. The molecular weight excluding hydrogens is 260 g/mol. The third kappa shape index (κ3) is 3.03. The molecule has 104 valence electrons. The first-order valence-corrected chi connectivity index (χ1v) is 6.84. The number of carbonyl (C=O) groups excluding carboxylic acids is 1. The Balaban J connectivity index is 1.80. The fourth-order valence-electron chi connectivity index (χ4n) is 2.16. The van der Waals surface area contributed by atoms with Crippen molar-refractivity contribution in [1.29, 1.82) is 0 Å². The average Bonchev–Trinajstić information content (AvgIpc) is 3.02. The van der Waals surface area contributed by atoms with Gasteiger partial charge in [-0.2, -0.15) is 0 Å². The van der Waals surface area contributed by atoms with Gasteiger partial charge in [0.1, 0.15) is 0 Å². The Hall–Kier alpha value is -2.81. The third-order valence-electron chi connectivity index (χ3n) is 3.32. The Bertz CT molecular complexity index is 743. The number of rotatable bonds is 3. The number of aryl methyl sites for hydroxylation is 1. The van der Waals surface area contributed by atoms with Gasteiger partial charge in [-0.3, -0.25) is 4.79 Å². The zero-order valence-corrected chi connectivity index (χ0v) is 11.8. The van der Waals surface area contributed by atoms with Crippen molar-refractivity contribution in [1.82, 2.24) is 4.57 Å². The van der Waals surface area contributed by atoms with Gasteiger partial charge in [0, 0.05) is 29.3 Å². The molecule has 0 spiro atoms. The molecule has 2 aromatic carbocycles. The molecule has 0 radical (unpaired) electrons. The zero-order valence-electron chi connectivity index (χ0n) is 11.8. The summed E-state index contributed by atoms with van der Waals surface area (Å²) in [5.74, 6) is -0.0975. The molecule has 0 atom stereocenters. The highest BCUT2D eigenvalue weighted by atomic mass is 16.1. The maximum Gasteiger partial charge on any atom is 0.255 e. The van der Waals surface area contributed by atoms with E-state index >= 15 is 0 Å². The minimum atomic E-state index is -0.0975. The van der Waals surface area contributed by atoms with Gasteiger partial charge in [-0.1, -0.05) is 23.8 Å². The second-order valence-electron chi connectivity index (χ2n) is 4.96. The van der Waals surface area contributed by atoms with Crippen LogP contribution < -0.4 is 5.32 Å². The van der Waals surface area contributed by atoms with Crippen molar-refractivity contribution in [2.75, 3.05) is 5.32 Å². The van der Waals surface area contributed by atoms with Crippen molar-refractivity contribution in [3.05, 3.63) is 84.2 Å². The van der Waals surface area contributed by atoms with Crippen LogP contribution in [0.5, 0.6) is 0 Å². The average molecular weight is 276 g/mol. The lowest BCUT2D eigenvalue weighted by molar-refractivity contribution is 0.102. The van der Waals surface area contributed by atoms with E-state index in [1.165, 1.54) is 0 Å². The van der Waals surface area contributed by atoms with Gasteiger partial charge in [-0.05, 0) is 49.4 Å². The number of amides is 1. The standard InChI is InChI=1S/C18H16N2O/c1-14-7-9-15(10-8-14)18(21)19-16-5-4-6-17(13-16)20-11-2-3-12-20/h2-13H,1H3,(H,19,21). The molecule has 1 amide bonds. The second-order valence-corrected chi connectivity index (χ2v) is 4.96. The maximum atomic E-state index is 12.2. The van der Waals surface area contributed by atoms with Gasteiger partial charge in [0.25, 0.3) is 5.91 Å². The van der Waals surface area contributed by atoms with Gasteiger partial charge in [0.05, 0.1) is 0 Å². The van der Waals surface area contributed by atoms with Gasteiger partial charge in [0.15, 0.2) is 0 Å². The van der Waals surface area contributed by atoms with E-state index in [1.807, 2.05) is 84.5 Å². The van der Waals surface area contributed by atoms with Gasteiger partial charge in [-0.25, -0.2) is 0 Å². The van der Waals surface area contributed by atoms with E-state index in [2.05, 4.69) is 5.32 Å². The van der Waals surface area contributed by atoms with E-state index in [0.29, 0.717) is 5.56 Å². The number of hydrogen-bond acceptors (Lipinski definition) is 1. The first-order valence-electron chi connectivity index (χ1n) is 6.84. The molecule has 1 aromatic heterocycles. The molecule has 0 aliphatic rings. The molecule has 0 unspecified atom stereocenters. The molecular formula is C18H16N2O. The number of nitrogens with zero attached hydrogens (tertiary/aromatic N) is 1. The van der Waals surface area contributed by atoms with E-state index in [9.17, 15) is 4.79 Å². The largest absolute Gasteiger partial charge is 0.324 e. The first kappa shape index (κ1) is 13.2. The van der Waals surface area contributed by atoms with Crippen molar-refractivity contribution >= 4 is 11.6 Å². The number of aromatic nitrogens is 1. The summed E-state index contributed by atoms with van der Waals surface area (Å²) < 4.78 is 2.00. The summed E-state index contributed by atoms with van der Waals surface area (Å²) in [4.78, 5) is 12.2. The topological polar surface area (TPSA) is 34.0 Å². The summed E-state index contributed by atoms with van der Waals surface area (Å²) in [6.07, 6.45) is 3.95. The molecule has 0 aliphatic carbocycles. The van der Waals surface area contributed by atoms with Crippen molar-refractivity contribution in [3.63, 3.8) is 0 Å². The summed E-state index contributed by atoms with van der Waals surface area (Å²) in [5, 5.41) is 2.93. The van der Waals surface area contributed by atoms with Crippen LogP contribution >= 0.6 is 0 Å². The summed E-state index contributed by atoms with van der Waals surface area (Å²) in [6, 6.07) is 19.2. The lowest BCUT2D eigenvalue weighted by Gasteiger charge is -2.08. The van der Waals surface area contributed by atoms with Crippen molar-refractivity contribution in [2.24, 2.45) is 0 Å². The molecule has 1 heterocycles. The van der Waals surface area contributed by atoms with Crippen LogP contribution in [-0.2, 0) is 0 Å². The maximum absolute atomic E-state index is 12.2. The minimum Gasteiger partial charge on any atom is -0.324 e. The smallest absolute Gasteiger partial charge is 0.255 e. The Labute approximate surface area is 123 Å². The van der Waals surface area contributed by atoms with Crippen LogP contribution in [0.1, 0.15) is 15.9 Å². The van der Waals surface area contributed by atoms with E-state index in [1.54, 1.807) is 0 Å². The lowest BCUT2D eigenvalue weighted by atomic mass is 10.1. The highest BCUT2D eigenvalue weighted by Gasteiger charge is 2.06. The number of carbonyl (C=O) groups is 1. The molecule has 21 heavy (non-hydrogen) atoms. The number of benzene rings is 2. The van der Waals surface area contributed by atoms with Gasteiger partial charge < -0.3 is 9.88 Å². The fraction of sp³-hybridized carbons (Fsp3) is 0.0556. The van der Waals surface area contributed by atoms with Crippen molar-refractivity contribution < 1.29 is 4.79 Å². The SMILES string of the molecule is Cc1ccc(C(=O)Nc2cccc(-n3cccc3)c2)cc1. The lowest BCUT2D eigenvalue weighted by Crippen LogP contribution is -2.11. The number of nitrogens with one attached hydrogen (secondary N) is 1. The molecule has 3 rings (SSSR count). The molecule has 0 bridgehead atoms. The molecule has 0 saturated heterocycles. The van der Waals surface area contributed by atoms with Gasteiger partial charge >= 0.3 is 0 Å². The third-order valence-corrected chi connectivity index (χ3v) is 3.32. The molecule has 0 fully saturated rings. The Morgan fingerprint density at radius 1 is 0.952 bits per heavy atom. The van der Waals surface area contributed by atoms with Crippen LogP contribution in [0.15, 0.2) is 73.1 Å². The summed E-state index contributed by atoms with van der Waals surface area (Å²) in [6.45, 7) is 2.00. The molecule has 3 nitrogen and oxygen atoms in total. The quantitative estimate of drug-likeness (QED) is 0.769. The normalized spacial score (nSPS) is 10.3. The van der Waals surface area contributed by atoms with E-state index in [-0.39, 0.29) is 5.91 Å². The van der Waals surface area contributed by atoms with Crippen LogP contribution in [0.25, 0.3) is 5.69 Å². The Morgan fingerprint density at radius 2 is 1.67 bits per heavy atom. The van der Waals surface area contributed by atoms with Gasteiger partial charge in [0.2, 0.25) is 0 Å². The highest BCUT2D eigenvalue weighted by molar-refractivity contribution is 6.04. The van der Waals surface area contributed by atoms with Gasteiger partial charge in [-0.15, -0.1) is 0 Å². The van der Waals surface area contributed by atoms with Crippen LogP contribution in [-0.4, -0.2) is 10.5 Å². The zero-order chi connectivity index (χ0) is 14.7. The monoisotopic (exact) mass is 276 g/mol. The first-order chi connectivity index (χ1) is 10.2. The number of anilines is 1. The summed E-state index contributed by atoms with van der Waals surface area (Å²) >= 11 is 0. The fourth-order valence-corrected chi connectivity index (χ4v) is 2.16. The van der Waals surface area contributed by atoms with Crippen LogP contribution in [0.2, 0.25) is 0 Å². The predicted octanol–water partition coefficient (Wildman–Crippen LogP) is 4.04. The van der Waals surface area contributed by atoms with Crippen LogP contribution in [0.3, 0.4) is 0 Å². The van der Waals surface area contributed by atoms with Crippen LogP contribution in [0, 0.1) is 6.92 Å². The minimum absolute atomic E-state index is 0.0975. The molecule has 1 N–H and O–H groups in total. The summed E-state index contributed by atoms with van der Waals surface area (Å²) in [5.41, 5.74) is 3.60. The van der Waals surface area contributed by atoms with E-state index < -0.39 is 0 Å². The van der Waals surface area contributed by atoms with E-state index in [4.69, 9.17) is 0 Å². The van der Waals surface area contributed by atoms with Crippen LogP contribution in [0.4, 0.5) is 5.69 Å². The van der Waals surface area contributed by atoms with Crippen molar-refractivity contribution in [3.8, 4) is 5.69 Å². The highest BCUT2D eigenvalue weighted by Crippen LogP contribution is 2.16. The Kier molecular flexibility index (Phi) is 3.56. The molecule has 3 heteroatoms. The molecule has 3 aromatic rings.